The van der Waals surface area contributed by atoms with Crippen LogP contribution >= 0.6 is 27.5 Å². The Morgan fingerprint density at radius 3 is 2.57 bits per heavy atom. The molecule has 140 valence electrons. The van der Waals surface area contributed by atoms with Crippen LogP contribution in [0.25, 0.3) is 0 Å². The van der Waals surface area contributed by atoms with E-state index >= 15 is 0 Å². The van der Waals surface area contributed by atoms with Crippen LogP contribution in [0.5, 0.6) is 5.75 Å². The van der Waals surface area contributed by atoms with Crippen LogP contribution in [-0.4, -0.2) is 6.21 Å². The lowest BCUT2D eigenvalue weighted by molar-refractivity contribution is 0.132. The summed E-state index contributed by atoms with van der Waals surface area (Å²) in [5.41, 5.74) is 3.28. The van der Waals surface area contributed by atoms with Gasteiger partial charge in [-0.2, -0.15) is 5.26 Å². The van der Waals surface area contributed by atoms with Crippen molar-refractivity contribution in [2.75, 3.05) is 0 Å². The summed E-state index contributed by atoms with van der Waals surface area (Å²) in [4.78, 5) is 5.31. The number of ether oxygens (including phenoxy) is 1. The number of hydrogen-bond donors (Lipinski definition) is 0. The molecule has 0 radical (unpaired) electrons. The fraction of sp³-hybridized carbons (Fsp3) is 0.0909. The second-order valence-corrected chi connectivity index (χ2v) is 7.17. The molecular formula is C22H16BrClN2O2. The van der Waals surface area contributed by atoms with Crippen LogP contribution < -0.4 is 4.74 Å². The number of rotatable bonds is 7. The van der Waals surface area contributed by atoms with Gasteiger partial charge < -0.3 is 9.57 Å². The smallest absolute Gasteiger partial charge is 0.143 e. The van der Waals surface area contributed by atoms with E-state index in [-0.39, 0.29) is 6.61 Å². The van der Waals surface area contributed by atoms with Crippen LogP contribution in [0, 0.1) is 11.3 Å². The highest BCUT2D eigenvalue weighted by atomic mass is 79.9. The van der Waals surface area contributed by atoms with Gasteiger partial charge in [-0.25, -0.2) is 0 Å². The summed E-state index contributed by atoms with van der Waals surface area (Å²) >= 11 is 9.40. The number of benzene rings is 3. The first-order valence-corrected chi connectivity index (χ1v) is 9.63. The van der Waals surface area contributed by atoms with Crippen molar-refractivity contribution < 1.29 is 9.57 Å². The molecule has 28 heavy (non-hydrogen) atoms. The molecule has 0 spiro atoms. The molecule has 0 saturated carbocycles. The van der Waals surface area contributed by atoms with Crippen molar-refractivity contribution in [1.29, 1.82) is 5.26 Å². The van der Waals surface area contributed by atoms with Gasteiger partial charge in [-0.05, 0) is 63.5 Å². The molecule has 4 nitrogen and oxygen atoms in total. The van der Waals surface area contributed by atoms with E-state index in [0.29, 0.717) is 17.2 Å². The van der Waals surface area contributed by atoms with Crippen molar-refractivity contribution in [2.45, 2.75) is 13.2 Å². The number of oxime groups is 1. The third-order valence-electron chi connectivity index (χ3n) is 3.90. The summed E-state index contributed by atoms with van der Waals surface area (Å²) in [7, 11) is 0. The first-order chi connectivity index (χ1) is 13.7. The van der Waals surface area contributed by atoms with Crippen LogP contribution in [-0.2, 0) is 18.1 Å². The fourth-order valence-corrected chi connectivity index (χ4v) is 3.05. The van der Waals surface area contributed by atoms with Crippen LogP contribution in [0.3, 0.4) is 0 Å². The number of nitriles is 1. The highest BCUT2D eigenvalue weighted by molar-refractivity contribution is 9.10. The first kappa shape index (κ1) is 19.9. The summed E-state index contributed by atoms with van der Waals surface area (Å²) in [5.74, 6) is 0.732. The van der Waals surface area contributed by atoms with Gasteiger partial charge in [-0.1, -0.05) is 47.1 Å². The second-order valence-electron chi connectivity index (χ2n) is 5.88. The standard InChI is InChI=1S/C22H16BrClN2O2/c23-21-11-17(13-26-28-15-19-4-2-1-3-18(19)12-25)7-10-22(21)27-14-16-5-8-20(24)9-6-16/h1-11,13H,14-15H2/b26-13-. The minimum Gasteiger partial charge on any atom is -0.488 e. The zero-order chi connectivity index (χ0) is 19.8. The molecule has 3 aromatic carbocycles. The molecule has 0 aliphatic carbocycles. The second kappa shape index (κ2) is 9.93. The number of hydrogen-bond acceptors (Lipinski definition) is 4. The van der Waals surface area contributed by atoms with E-state index < -0.39 is 0 Å². The van der Waals surface area contributed by atoms with Gasteiger partial charge in [0.25, 0.3) is 0 Å². The van der Waals surface area contributed by atoms with E-state index in [1.165, 1.54) is 0 Å². The highest BCUT2D eigenvalue weighted by Crippen LogP contribution is 2.26. The lowest BCUT2D eigenvalue weighted by Crippen LogP contribution is -1.96. The maximum atomic E-state index is 9.07. The number of nitrogens with zero attached hydrogens (tertiary/aromatic N) is 2. The van der Waals surface area contributed by atoms with Crippen LogP contribution in [0.1, 0.15) is 22.3 Å². The van der Waals surface area contributed by atoms with Gasteiger partial charge >= 0.3 is 0 Å². The fourth-order valence-electron chi connectivity index (χ4n) is 2.42. The monoisotopic (exact) mass is 454 g/mol. The summed E-state index contributed by atoms with van der Waals surface area (Å²) in [6, 6.07) is 22.6. The SMILES string of the molecule is N#Cc1ccccc1CO/N=C\c1ccc(OCc2ccc(Cl)cc2)c(Br)c1. The Bertz CT molecular complexity index is 1010. The molecule has 0 N–H and O–H groups in total. The van der Waals surface area contributed by atoms with Crippen LogP contribution in [0.2, 0.25) is 5.02 Å². The van der Waals surface area contributed by atoms with Crippen molar-refractivity contribution in [1.82, 2.24) is 0 Å². The Kier molecular flexibility index (Phi) is 7.07. The van der Waals surface area contributed by atoms with E-state index in [4.69, 9.17) is 26.4 Å². The summed E-state index contributed by atoms with van der Waals surface area (Å²) in [6.07, 6.45) is 1.61. The van der Waals surface area contributed by atoms with Gasteiger partial charge in [0, 0.05) is 10.6 Å². The third kappa shape index (κ3) is 5.59. The lowest BCUT2D eigenvalue weighted by atomic mass is 10.1. The first-order valence-electron chi connectivity index (χ1n) is 8.46. The molecule has 3 rings (SSSR count). The minimum absolute atomic E-state index is 0.240. The molecule has 3 aromatic rings. The molecule has 0 aliphatic heterocycles. The molecule has 6 heteroatoms. The molecule has 0 aromatic heterocycles. The normalized spacial score (nSPS) is 10.6. The Morgan fingerprint density at radius 1 is 1.04 bits per heavy atom. The van der Waals surface area contributed by atoms with Crippen molar-refractivity contribution in [3.63, 3.8) is 0 Å². The Labute approximate surface area is 177 Å². The van der Waals surface area contributed by atoms with Crippen molar-refractivity contribution in [2.24, 2.45) is 5.16 Å². The predicted molar refractivity (Wildman–Crippen MR) is 113 cm³/mol. The largest absolute Gasteiger partial charge is 0.488 e. The Hall–Kier alpha value is -2.81. The average Bonchev–Trinajstić information content (AvgIpc) is 2.72. The summed E-state index contributed by atoms with van der Waals surface area (Å²) < 4.78 is 6.65. The molecule has 0 unspecified atom stereocenters. The van der Waals surface area contributed by atoms with Gasteiger partial charge in [-0.15, -0.1) is 0 Å². The minimum atomic E-state index is 0.240. The third-order valence-corrected chi connectivity index (χ3v) is 4.77. The van der Waals surface area contributed by atoms with Gasteiger partial charge in [0.15, 0.2) is 0 Å². The van der Waals surface area contributed by atoms with Gasteiger partial charge in [-0.3, -0.25) is 0 Å². The molecule has 0 heterocycles. The van der Waals surface area contributed by atoms with Crippen LogP contribution in [0.4, 0.5) is 0 Å². The van der Waals surface area contributed by atoms with E-state index in [0.717, 1.165) is 26.9 Å². The number of halogens is 2. The zero-order valence-corrected chi connectivity index (χ0v) is 17.2. The average molecular weight is 456 g/mol. The summed E-state index contributed by atoms with van der Waals surface area (Å²) in [5, 5.41) is 13.7. The Balaban J connectivity index is 1.55. The zero-order valence-electron chi connectivity index (χ0n) is 14.8. The van der Waals surface area contributed by atoms with Crippen molar-refractivity contribution in [3.05, 3.63) is 98.5 Å². The topological polar surface area (TPSA) is 54.6 Å². The van der Waals surface area contributed by atoms with Gasteiger partial charge in [0.2, 0.25) is 0 Å². The molecule has 0 fully saturated rings. The highest BCUT2D eigenvalue weighted by Gasteiger charge is 2.04. The van der Waals surface area contributed by atoms with E-state index in [1.807, 2.05) is 60.7 Å². The van der Waals surface area contributed by atoms with Gasteiger partial charge in [0.1, 0.15) is 19.0 Å². The van der Waals surface area contributed by atoms with Gasteiger partial charge in [0.05, 0.1) is 22.3 Å². The van der Waals surface area contributed by atoms with E-state index in [9.17, 15) is 0 Å². The molecule has 0 amide bonds. The molecule has 0 aliphatic rings. The van der Waals surface area contributed by atoms with Crippen LogP contribution in [0.15, 0.2) is 76.4 Å². The van der Waals surface area contributed by atoms with E-state index in [2.05, 4.69) is 27.2 Å². The molecule has 0 bridgehead atoms. The maximum absolute atomic E-state index is 9.07. The quantitative estimate of drug-likeness (QED) is 0.319. The molecular weight excluding hydrogens is 440 g/mol. The predicted octanol–water partition coefficient (Wildman–Crippen LogP) is 6.10. The molecule has 0 saturated heterocycles. The summed E-state index contributed by atoms with van der Waals surface area (Å²) in [6.45, 7) is 0.689. The molecule has 0 atom stereocenters. The van der Waals surface area contributed by atoms with E-state index in [1.54, 1.807) is 12.3 Å². The maximum Gasteiger partial charge on any atom is 0.143 e. The Morgan fingerprint density at radius 2 is 1.82 bits per heavy atom. The van der Waals surface area contributed by atoms with Crippen molar-refractivity contribution >= 4 is 33.7 Å². The van der Waals surface area contributed by atoms with Crippen molar-refractivity contribution in [3.8, 4) is 11.8 Å². The lowest BCUT2D eigenvalue weighted by Gasteiger charge is -2.09.